The predicted octanol–water partition coefficient (Wildman–Crippen LogP) is 4.63. The van der Waals surface area contributed by atoms with Gasteiger partial charge in [0.25, 0.3) is 0 Å². The summed E-state index contributed by atoms with van der Waals surface area (Å²) in [6.07, 6.45) is 7.65. The number of aromatic nitrogens is 1. The summed E-state index contributed by atoms with van der Waals surface area (Å²) in [7, 11) is 0. The average molecular weight is 455 g/mol. The van der Waals surface area contributed by atoms with Crippen LogP contribution in [0.5, 0.6) is 0 Å². The van der Waals surface area contributed by atoms with E-state index in [-0.39, 0.29) is 24.2 Å². The quantitative estimate of drug-likeness (QED) is 0.662. The van der Waals surface area contributed by atoms with Gasteiger partial charge in [-0.15, -0.1) is 11.3 Å². The van der Waals surface area contributed by atoms with Gasteiger partial charge in [0.1, 0.15) is 0 Å². The highest BCUT2D eigenvalue weighted by Gasteiger charge is 2.37. The van der Waals surface area contributed by atoms with Gasteiger partial charge >= 0.3 is 0 Å². The summed E-state index contributed by atoms with van der Waals surface area (Å²) in [4.78, 5) is 35.7. The number of thiazole rings is 1. The van der Waals surface area contributed by atoms with Crippen LogP contribution in [-0.2, 0) is 29.0 Å². The van der Waals surface area contributed by atoms with E-state index < -0.39 is 0 Å². The molecule has 2 aliphatic rings. The van der Waals surface area contributed by atoms with Gasteiger partial charge in [0.15, 0.2) is 5.13 Å². The Labute approximate surface area is 195 Å². The van der Waals surface area contributed by atoms with Crippen molar-refractivity contribution in [3.05, 3.63) is 40.4 Å². The van der Waals surface area contributed by atoms with Crippen LogP contribution in [0.3, 0.4) is 0 Å². The van der Waals surface area contributed by atoms with Crippen molar-refractivity contribution < 1.29 is 9.59 Å². The molecule has 1 N–H and O–H groups in total. The standard InChI is InChI=1S/C25H34N4O2S/c1-4-18-10-8-11-19(5-2)23(18)29-15-20(13-22(29)30)24(31)27-25-26-14-21(32-25)16-28-12-7-6-9-17(28)3/h8,10-11,14,17,20H,4-7,9,12-13,15-16H2,1-3H3,(H,26,27,31). The van der Waals surface area contributed by atoms with Crippen LogP contribution in [0.25, 0.3) is 0 Å². The maximum Gasteiger partial charge on any atom is 0.231 e. The maximum atomic E-state index is 13.0. The van der Waals surface area contributed by atoms with Crippen LogP contribution < -0.4 is 10.2 Å². The summed E-state index contributed by atoms with van der Waals surface area (Å²) in [5, 5.41) is 3.60. The van der Waals surface area contributed by atoms with Crippen molar-refractivity contribution in [3.8, 4) is 0 Å². The fraction of sp³-hybridized carbons (Fsp3) is 0.560. The molecule has 2 aliphatic heterocycles. The Balaban J connectivity index is 1.40. The van der Waals surface area contributed by atoms with Crippen LogP contribution in [0.15, 0.2) is 24.4 Å². The van der Waals surface area contributed by atoms with Crippen molar-refractivity contribution in [2.75, 3.05) is 23.3 Å². The first-order valence-corrected chi connectivity index (χ1v) is 12.7. The number of likely N-dealkylation sites (tertiary alicyclic amines) is 1. The largest absolute Gasteiger partial charge is 0.311 e. The maximum absolute atomic E-state index is 13.0. The lowest BCUT2D eigenvalue weighted by atomic mass is 10.0. The van der Waals surface area contributed by atoms with Gasteiger partial charge < -0.3 is 10.2 Å². The molecule has 0 spiro atoms. The molecular weight excluding hydrogens is 420 g/mol. The van der Waals surface area contributed by atoms with Crippen LogP contribution in [0.1, 0.15) is 62.5 Å². The molecule has 32 heavy (non-hydrogen) atoms. The second-order valence-electron chi connectivity index (χ2n) is 8.97. The summed E-state index contributed by atoms with van der Waals surface area (Å²) < 4.78 is 0. The molecular formula is C25H34N4O2S. The van der Waals surface area contributed by atoms with Gasteiger partial charge in [-0.05, 0) is 50.3 Å². The highest BCUT2D eigenvalue weighted by atomic mass is 32.1. The first-order chi connectivity index (χ1) is 15.5. The van der Waals surface area contributed by atoms with Crippen LogP contribution in [0, 0.1) is 5.92 Å². The number of hydrogen-bond acceptors (Lipinski definition) is 5. The minimum atomic E-state index is -0.355. The fourth-order valence-corrected chi connectivity index (χ4v) is 5.74. The van der Waals surface area contributed by atoms with E-state index in [0.29, 0.717) is 17.7 Å². The van der Waals surface area contributed by atoms with Crippen molar-refractivity contribution in [2.45, 2.75) is 71.9 Å². The molecule has 2 fully saturated rings. The van der Waals surface area contributed by atoms with Gasteiger partial charge in [0.05, 0.1) is 5.92 Å². The zero-order chi connectivity index (χ0) is 22.7. The molecule has 172 valence electrons. The van der Waals surface area contributed by atoms with Crippen molar-refractivity contribution >= 4 is 34.0 Å². The Morgan fingerprint density at radius 2 is 1.97 bits per heavy atom. The van der Waals surface area contributed by atoms with E-state index in [4.69, 9.17) is 0 Å². The molecule has 4 rings (SSSR count). The molecule has 1 aromatic carbocycles. The van der Waals surface area contributed by atoms with Gasteiger partial charge in [0, 0.05) is 42.3 Å². The smallest absolute Gasteiger partial charge is 0.231 e. The van der Waals surface area contributed by atoms with E-state index in [1.54, 1.807) is 11.3 Å². The minimum Gasteiger partial charge on any atom is -0.311 e. The molecule has 2 aromatic rings. The van der Waals surface area contributed by atoms with Gasteiger partial charge in [-0.1, -0.05) is 38.5 Å². The van der Waals surface area contributed by atoms with Crippen LogP contribution in [0.2, 0.25) is 0 Å². The number of amides is 2. The molecule has 2 amide bonds. The summed E-state index contributed by atoms with van der Waals surface area (Å²) in [6, 6.07) is 6.81. The van der Waals surface area contributed by atoms with Crippen molar-refractivity contribution in [3.63, 3.8) is 0 Å². The number of nitrogens with zero attached hydrogens (tertiary/aromatic N) is 3. The van der Waals surface area contributed by atoms with Gasteiger partial charge in [0.2, 0.25) is 11.8 Å². The van der Waals surface area contributed by atoms with E-state index in [1.807, 2.05) is 11.1 Å². The van der Waals surface area contributed by atoms with Crippen molar-refractivity contribution in [1.82, 2.24) is 9.88 Å². The molecule has 2 unspecified atom stereocenters. The Hall–Kier alpha value is -2.25. The number of piperidine rings is 1. The number of para-hydroxylation sites is 1. The van der Waals surface area contributed by atoms with Crippen LogP contribution >= 0.6 is 11.3 Å². The van der Waals surface area contributed by atoms with Gasteiger partial charge in [-0.25, -0.2) is 4.98 Å². The Morgan fingerprint density at radius 1 is 1.22 bits per heavy atom. The third-order valence-electron chi connectivity index (χ3n) is 6.81. The Bertz CT molecular complexity index is 950. The van der Waals surface area contributed by atoms with Gasteiger partial charge in [-0.3, -0.25) is 14.5 Å². The molecule has 2 saturated heterocycles. The summed E-state index contributed by atoms with van der Waals surface area (Å²) >= 11 is 1.54. The second-order valence-corrected chi connectivity index (χ2v) is 10.1. The highest BCUT2D eigenvalue weighted by molar-refractivity contribution is 7.15. The molecule has 1 aromatic heterocycles. The number of rotatable bonds is 7. The molecule has 6 nitrogen and oxygen atoms in total. The number of aryl methyl sites for hydroxylation is 2. The fourth-order valence-electron chi connectivity index (χ4n) is 4.90. The molecule has 0 radical (unpaired) electrons. The number of hydrogen-bond donors (Lipinski definition) is 1. The molecule has 0 aliphatic carbocycles. The highest BCUT2D eigenvalue weighted by Crippen LogP contribution is 2.33. The topological polar surface area (TPSA) is 65.5 Å². The Kier molecular flexibility index (Phi) is 7.26. The normalized spacial score (nSPS) is 21.8. The zero-order valence-corrected chi connectivity index (χ0v) is 20.2. The lowest BCUT2D eigenvalue weighted by molar-refractivity contribution is -0.122. The van der Waals surface area contributed by atoms with E-state index in [1.165, 1.54) is 24.1 Å². The van der Waals surface area contributed by atoms with Crippen LogP contribution in [0.4, 0.5) is 10.8 Å². The number of carbonyl (C=O) groups excluding carboxylic acids is 2. The molecule has 0 saturated carbocycles. The van der Waals surface area contributed by atoms with E-state index in [2.05, 4.69) is 54.2 Å². The zero-order valence-electron chi connectivity index (χ0n) is 19.4. The predicted molar refractivity (Wildman–Crippen MR) is 130 cm³/mol. The lowest BCUT2D eigenvalue weighted by Crippen LogP contribution is -2.36. The molecule has 2 atom stereocenters. The van der Waals surface area contributed by atoms with E-state index in [0.717, 1.165) is 42.7 Å². The van der Waals surface area contributed by atoms with E-state index >= 15 is 0 Å². The molecule has 0 bridgehead atoms. The molecule has 7 heteroatoms. The second kappa shape index (κ2) is 10.1. The first-order valence-electron chi connectivity index (χ1n) is 11.9. The number of nitrogens with one attached hydrogen (secondary N) is 1. The van der Waals surface area contributed by atoms with Gasteiger partial charge in [-0.2, -0.15) is 0 Å². The summed E-state index contributed by atoms with van der Waals surface area (Å²) in [5.41, 5.74) is 3.33. The first kappa shape index (κ1) is 22.9. The van der Waals surface area contributed by atoms with Crippen molar-refractivity contribution in [2.24, 2.45) is 5.92 Å². The number of benzene rings is 1. The SMILES string of the molecule is CCc1cccc(CC)c1N1CC(C(=O)Nc2ncc(CN3CCCCC3C)s2)CC1=O. The summed E-state index contributed by atoms with van der Waals surface area (Å²) in [5.74, 6) is -0.439. The molecule has 3 heterocycles. The van der Waals surface area contributed by atoms with Crippen molar-refractivity contribution in [1.29, 1.82) is 0 Å². The lowest BCUT2D eigenvalue weighted by Gasteiger charge is -2.32. The third kappa shape index (κ3) is 4.89. The summed E-state index contributed by atoms with van der Waals surface area (Å²) in [6.45, 7) is 8.93. The minimum absolute atomic E-state index is 0.0275. The number of carbonyl (C=O) groups is 2. The Morgan fingerprint density at radius 3 is 2.66 bits per heavy atom. The monoisotopic (exact) mass is 454 g/mol. The average Bonchev–Trinajstić information content (AvgIpc) is 3.40. The number of anilines is 2. The third-order valence-corrected chi connectivity index (χ3v) is 7.71. The van der Waals surface area contributed by atoms with E-state index in [9.17, 15) is 9.59 Å². The van der Waals surface area contributed by atoms with Crippen LogP contribution in [-0.4, -0.2) is 40.8 Å².